The van der Waals surface area contributed by atoms with Crippen LogP contribution in [-0.2, 0) is 0 Å². The van der Waals surface area contributed by atoms with Gasteiger partial charge >= 0.3 is 0 Å². The summed E-state index contributed by atoms with van der Waals surface area (Å²) in [6, 6.07) is 0. The van der Waals surface area contributed by atoms with Crippen LogP contribution in [0.2, 0.25) is 0 Å². The first-order chi connectivity index (χ1) is 6.70. The second-order valence-corrected chi connectivity index (χ2v) is 4.44. The molecular formula is C10H21N3O. The van der Waals surface area contributed by atoms with E-state index in [1.165, 1.54) is 12.8 Å². The van der Waals surface area contributed by atoms with Crippen LogP contribution >= 0.6 is 0 Å². The number of hydrogen-bond acceptors (Lipinski definition) is 3. The van der Waals surface area contributed by atoms with E-state index in [4.69, 9.17) is 0 Å². The average Bonchev–Trinajstić information content (AvgIpc) is 2.20. The highest BCUT2D eigenvalue weighted by molar-refractivity contribution is 4.81. The molecule has 1 aliphatic rings. The topological polar surface area (TPSA) is 44.7 Å². The Morgan fingerprint density at radius 3 is 2.57 bits per heavy atom. The molecule has 0 aromatic heterocycles. The van der Waals surface area contributed by atoms with E-state index in [0.29, 0.717) is 5.41 Å². The summed E-state index contributed by atoms with van der Waals surface area (Å²) >= 11 is 0. The van der Waals surface area contributed by atoms with Crippen molar-refractivity contribution in [3.8, 4) is 0 Å². The first-order valence-corrected chi connectivity index (χ1v) is 5.49. The van der Waals surface area contributed by atoms with Gasteiger partial charge in [-0.15, -0.1) is 4.91 Å². The molecule has 4 nitrogen and oxygen atoms in total. The smallest absolute Gasteiger partial charge is 0.0523 e. The number of nitroso groups, excluding NO2 is 1. The average molecular weight is 199 g/mol. The molecule has 0 saturated carbocycles. The lowest BCUT2D eigenvalue weighted by atomic mass is 9.78. The molecule has 4 heteroatoms. The van der Waals surface area contributed by atoms with Crippen molar-refractivity contribution >= 4 is 0 Å². The molecule has 0 radical (unpaired) electrons. The van der Waals surface area contributed by atoms with Gasteiger partial charge in [0, 0.05) is 13.1 Å². The number of piperidine rings is 1. The molecule has 1 heterocycles. The fraction of sp³-hybridized carbons (Fsp3) is 1.00. The Bertz CT molecular complexity index is 178. The zero-order chi connectivity index (χ0) is 10.4. The summed E-state index contributed by atoms with van der Waals surface area (Å²) in [7, 11) is 0. The molecule has 0 spiro atoms. The summed E-state index contributed by atoms with van der Waals surface area (Å²) in [6.07, 6.45) is 3.50. The van der Waals surface area contributed by atoms with Gasteiger partial charge in [0.1, 0.15) is 0 Å². The summed E-state index contributed by atoms with van der Waals surface area (Å²) in [4.78, 5) is 10.4. The Balaban J connectivity index is 2.30. The molecule has 0 aromatic carbocycles. The van der Waals surface area contributed by atoms with Crippen LogP contribution < -0.4 is 5.32 Å². The van der Waals surface area contributed by atoms with Crippen molar-refractivity contribution in [2.75, 3.05) is 26.2 Å². The van der Waals surface area contributed by atoms with Crippen molar-refractivity contribution in [3.63, 3.8) is 0 Å². The number of nitrogens with zero attached hydrogens (tertiary/aromatic N) is 2. The minimum atomic E-state index is 0.406. The Morgan fingerprint density at radius 2 is 2.07 bits per heavy atom. The SMILES string of the molecule is CCN(CCC1(C)CCNCC1)N=O. The third-order valence-corrected chi connectivity index (χ3v) is 3.26. The molecule has 82 valence electrons. The minimum absolute atomic E-state index is 0.406. The highest BCUT2D eigenvalue weighted by Gasteiger charge is 2.26. The van der Waals surface area contributed by atoms with E-state index in [2.05, 4.69) is 17.5 Å². The van der Waals surface area contributed by atoms with Gasteiger partial charge in [0.05, 0.1) is 5.29 Å². The lowest BCUT2D eigenvalue weighted by Crippen LogP contribution is -2.36. The van der Waals surface area contributed by atoms with Crippen molar-refractivity contribution in [3.05, 3.63) is 4.91 Å². The number of nitrogens with one attached hydrogen (secondary N) is 1. The minimum Gasteiger partial charge on any atom is -0.317 e. The third kappa shape index (κ3) is 3.25. The predicted octanol–water partition coefficient (Wildman–Crippen LogP) is 1.77. The van der Waals surface area contributed by atoms with E-state index in [1.54, 1.807) is 5.01 Å². The third-order valence-electron chi connectivity index (χ3n) is 3.26. The molecule has 1 rings (SSSR count). The van der Waals surface area contributed by atoms with Gasteiger partial charge in [0.15, 0.2) is 0 Å². The molecule has 0 aromatic rings. The fourth-order valence-corrected chi connectivity index (χ4v) is 1.94. The largest absolute Gasteiger partial charge is 0.317 e. The van der Waals surface area contributed by atoms with Crippen LogP contribution in [0.1, 0.15) is 33.1 Å². The van der Waals surface area contributed by atoms with Crippen molar-refractivity contribution in [2.45, 2.75) is 33.1 Å². The Morgan fingerprint density at radius 1 is 1.43 bits per heavy atom. The van der Waals surface area contributed by atoms with Crippen LogP contribution in [0.5, 0.6) is 0 Å². The van der Waals surface area contributed by atoms with Gasteiger partial charge < -0.3 is 5.32 Å². The lowest BCUT2D eigenvalue weighted by Gasteiger charge is -2.34. The molecule has 0 bridgehead atoms. The Hall–Kier alpha value is -0.640. The highest BCUT2D eigenvalue weighted by Crippen LogP contribution is 2.31. The molecule has 14 heavy (non-hydrogen) atoms. The van der Waals surface area contributed by atoms with Crippen LogP contribution in [0.25, 0.3) is 0 Å². The molecule has 1 N–H and O–H groups in total. The summed E-state index contributed by atoms with van der Waals surface area (Å²) in [6.45, 7) is 8.02. The Labute approximate surface area is 86.0 Å². The van der Waals surface area contributed by atoms with Crippen LogP contribution in [-0.4, -0.2) is 31.2 Å². The molecule has 1 fully saturated rings. The highest BCUT2D eigenvalue weighted by atomic mass is 16.3. The quantitative estimate of drug-likeness (QED) is 0.542. The standard InChI is InChI=1S/C10H21N3O/c1-3-13(12-14)9-6-10(2)4-7-11-8-5-10/h11H,3-9H2,1-2H3. The van der Waals surface area contributed by atoms with Gasteiger partial charge in [-0.2, -0.15) is 0 Å². The summed E-state index contributed by atoms with van der Waals surface area (Å²) in [5.41, 5.74) is 0.406. The lowest BCUT2D eigenvalue weighted by molar-refractivity contribution is 0.170. The van der Waals surface area contributed by atoms with Gasteiger partial charge in [0.25, 0.3) is 0 Å². The molecular weight excluding hydrogens is 178 g/mol. The zero-order valence-corrected chi connectivity index (χ0v) is 9.25. The maximum Gasteiger partial charge on any atom is 0.0523 e. The van der Waals surface area contributed by atoms with Gasteiger partial charge in [-0.1, -0.05) is 6.92 Å². The van der Waals surface area contributed by atoms with Crippen LogP contribution in [0.3, 0.4) is 0 Å². The van der Waals surface area contributed by atoms with Gasteiger partial charge in [-0.25, -0.2) is 0 Å². The second kappa shape index (κ2) is 5.29. The maximum atomic E-state index is 10.4. The molecule has 0 atom stereocenters. The Kier molecular flexibility index (Phi) is 4.32. The fourth-order valence-electron chi connectivity index (χ4n) is 1.94. The first-order valence-electron chi connectivity index (χ1n) is 5.49. The van der Waals surface area contributed by atoms with Crippen molar-refractivity contribution in [2.24, 2.45) is 10.7 Å². The zero-order valence-electron chi connectivity index (χ0n) is 9.25. The summed E-state index contributed by atoms with van der Waals surface area (Å²) < 4.78 is 0. The van der Waals surface area contributed by atoms with Gasteiger partial charge in [-0.05, 0) is 44.7 Å². The summed E-state index contributed by atoms with van der Waals surface area (Å²) in [5, 5.41) is 7.95. The van der Waals surface area contributed by atoms with E-state index >= 15 is 0 Å². The normalized spacial score (nSPS) is 20.4. The van der Waals surface area contributed by atoms with Crippen molar-refractivity contribution in [1.29, 1.82) is 0 Å². The van der Waals surface area contributed by atoms with Crippen molar-refractivity contribution < 1.29 is 0 Å². The van der Waals surface area contributed by atoms with Gasteiger partial charge in [-0.3, -0.25) is 5.01 Å². The summed E-state index contributed by atoms with van der Waals surface area (Å²) in [5.74, 6) is 0. The second-order valence-electron chi connectivity index (χ2n) is 4.44. The number of rotatable bonds is 5. The van der Waals surface area contributed by atoms with Crippen LogP contribution in [0.15, 0.2) is 5.29 Å². The monoisotopic (exact) mass is 199 g/mol. The van der Waals surface area contributed by atoms with E-state index in [-0.39, 0.29) is 0 Å². The molecule has 0 unspecified atom stereocenters. The van der Waals surface area contributed by atoms with Crippen LogP contribution in [0.4, 0.5) is 0 Å². The van der Waals surface area contributed by atoms with Crippen LogP contribution in [0, 0.1) is 10.3 Å². The first kappa shape index (κ1) is 11.4. The predicted molar refractivity (Wildman–Crippen MR) is 57.9 cm³/mol. The molecule has 0 amide bonds. The van der Waals surface area contributed by atoms with E-state index < -0.39 is 0 Å². The maximum absolute atomic E-state index is 10.4. The van der Waals surface area contributed by atoms with E-state index in [9.17, 15) is 4.91 Å². The molecule has 0 aliphatic carbocycles. The van der Waals surface area contributed by atoms with E-state index in [0.717, 1.165) is 32.6 Å². The molecule has 1 aliphatic heterocycles. The van der Waals surface area contributed by atoms with Crippen molar-refractivity contribution in [1.82, 2.24) is 10.3 Å². The van der Waals surface area contributed by atoms with E-state index in [1.807, 2.05) is 6.92 Å². The van der Waals surface area contributed by atoms with Gasteiger partial charge in [0.2, 0.25) is 0 Å². The number of hydrogen-bond donors (Lipinski definition) is 1. The molecule has 1 saturated heterocycles.